The lowest BCUT2D eigenvalue weighted by molar-refractivity contribution is 0.240. The first-order chi connectivity index (χ1) is 9.10. The van der Waals surface area contributed by atoms with Crippen LogP contribution in [0.2, 0.25) is 0 Å². The SMILES string of the molecule is CCC(C)CC(C)NC1CCOc2ccc(Br)cc21. The number of nitrogens with one attached hydrogen (secondary N) is 1. The number of hydrogen-bond donors (Lipinski definition) is 1. The lowest BCUT2D eigenvalue weighted by atomic mass is 9.96. The van der Waals surface area contributed by atoms with E-state index in [4.69, 9.17) is 4.74 Å². The summed E-state index contributed by atoms with van der Waals surface area (Å²) in [5, 5.41) is 3.77. The highest BCUT2D eigenvalue weighted by Gasteiger charge is 2.23. The van der Waals surface area contributed by atoms with Gasteiger partial charge < -0.3 is 10.1 Å². The van der Waals surface area contributed by atoms with Gasteiger partial charge in [0.1, 0.15) is 5.75 Å². The molecule has 1 aromatic rings. The Hall–Kier alpha value is -0.540. The first-order valence-electron chi connectivity index (χ1n) is 7.28. The number of ether oxygens (including phenoxy) is 1. The zero-order valence-electron chi connectivity index (χ0n) is 12.1. The maximum absolute atomic E-state index is 5.73. The fourth-order valence-electron chi connectivity index (χ4n) is 2.72. The van der Waals surface area contributed by atoms with Crippen LogP contribution < -0.4 is 10.1 Å². The van der Waals surface area contributed by atoms with Crippen LogP contribution in [0.1, 0.15) is 51.6 Å². The predicted molar refractivity (Wildman–Crippen MR) is 83.7 cm³/mol. The van der Waals surface area contributed by atoms with E-state index in [1.807, 2.05) is 6.07 Å². The van der Waals surface area contributed by atoms with Crippen LogP contribution in [0.3, 0.4) is 0 Å². The number of hydrogen-bond acceptors (Lipinski definition) is 2. The van der Waals surface area contributed by atoms with Crippen molar-refractivity contribution in [3.63, 3.8) is 0 Å². The molecule has 0 radical (unpaired) electrons. The highest BCUT2D eigenvalue weighted by Crippen LogP contribution is 2.34. The molecule has 2 nitrogen and oxygen atoms in total. The standard InChI is InChI=1S/C16H24BrNO/c1-4-11(2)9-12(3)18-15-7-8-19-16-6-5-13(17)10-14(15)16/h5-6,10-12,15,18H,4,7-9H2,1-3H3. The molecular weight excluding hydrogens is 302 g/mol. The topological polar surface area (TPSA) is 21.3 Å². The third-order valence-corrected chi connectivity index (χ3v) is 4.44. The molecule has 1 N–H and O–H groups in total. The second-order valence-electron chi connectivity index (χ2n) is 5.69. The van der Waals surface area contributed by atoms with Crippen LogP contribution in [0.4, 0.5) is 0 Å². The van der Waals surface area contributed by atoms with Gasteiger partial charge in [0.05, 0.1) is 6.61 Å². The quantitative estimate of drug-likeness (QED) is 0.848. The van der Waals surface area contributed by atoms with Gasteiger partial charge in [0, 0.05) is 28.5 Å². The summed E-state index contributed by atoms with van der Waals surface area (Å²) >= 11 is 3.55. The van der Waals surface area contributed by atoms with E-state index in [9.17, 15) is 0 Å². The van der Waals surface area contributed by atoms with Crippen molar-refractivity contribution in [3.8, 4) is 5.75 Å². The molecule has 3 atom stereocenters. The lowest BCUT2D eigenvalue weighted by Gasteiger charge is -2.30. The van der Waals surface area contributed by atoms with E-state index < -0.39 is 0 Å². The summed E-state index contributed by atoms with van der Waals surface area (Å²) in [6.07, 6.45) is 3.54. The van der Waals surface area contributed by atoms with Gasteiger partial charge in [0.2, 0.25) is 0 Å². The van der Waals surface area contributed by atoms with Crippen molar-refractivity contribution in [2.75, 3.05) is 6.61 Å². The van der Waals surface area contributed by atoms with Gasteiger partial charge in [-0.05, 0) is 37.5 Å². The van der Waals surface area contributed by atoms with Crippen molar-refractivity contribution < 1.29 is 4.74 Å². The number of rotatable bonds is 5. The highest BCUT2D eigenvalue weighted by molar-refractivity contribution is 9.10. The molecule has 2 rings (SSSR count). The normalized spacial score (nSPS) is 21.4. The summed E-state index contributed by atoms with van der Waals surface area (Å²) in [6, 6.07) is 7.25. The largest absolute Gasteiger partial charge is 0.493 e. The van der Waals surface area contributed by atoms with Gasteiger partial charge >= 0.3 is 0 Å². The van der Waals surface area contributed by atoms with Crippen molar-refractivity contribution in [1.29, 1.82) is 0 Å². The molecule has 0 saturated heterocycles. The minimum absolute atomic E-state index is 0.417. The van der Waals surface area contributed by atoms with Gasteiger partial charge in [0.15, 0.2) is 0 Å². The first kappa shape index (κ1) is 14.9. The van der Waals surface area contributed by atoms with E-state index in [1.165, 1.54) is 18.4 Å². The zero-order chi connectivity index (χ0) is 13.8. The molecular formula is C16H24BrNO. The average Bonchev–Trinajstić information content (AvgIpc) is 2.39. The third kappa shape index (κ3) is 3.96. The Bertz CT molecular complexity index is 421. The van der Waals surface area contributed by atoms with E-state index in [0.717, 1.165) is 29.2 Å². The zero-order valence-corrected chi connectivity index (χ0v) is 13.7. The number of halogens is 1. The van der Waals surface area contributed by atoms with Crippen LogP contribution in [0.5, 0.6) is 5.75 Å². The molecule has 0 aliphatic carbocycles. The molecule has 1 aliphatic rings. The molecule has 0 spiro atoms. The van der Waals surface area contributed by atoms with E-state index in [0.29, 0.717) is 12.1 Å². The number of fused-ring (bicyclic) bond motifs is 1. The fraction of sp³-hybridized carbons (Fsp3) is 0.625. The molecule has 0 fully saturated rings. The maximum atomic E-state index is 5.73. The van der Waals surface area contributed by atoms with E-state index in [1.54, 1.807) is 0 Å². The summed E-state index contributed by atoms with van der Waals surface area (Å²) < 4.78 is 6.85. The summed E-state index contributed by atoms with van der Waals surface area (Å²) in [4.78, 5) is 0. The number of benzene rings is 1. The minimum atomic E-state index is 0.417. The van der Waals surface area contributed by atoms with Gasteiger partial charge in [-0.2, -0.15) is 0 Å². The maximum Gasteiger partial charge on any atom is 0.124 e. The predicted octanol–water partition coefficient (Wildman–Crippen LogP) is 4.69. The summed E-state index contributed by atoms with van der Waals surface area (Å²) in [5.41, 5.74) is 1.29. The lowest BCUT2D eigenvalue weighted by Crippen LogP contribution is -2.34. The van der Waals surface area contributed by atoms with Gasteiger partial charge in [-0.25, -0.2) is 0 Å². The monoisotopic (exact) mass is 325 g/mol. The van der Waals surface area contributed by atoms with Crippen molar-refractivity contribution in [2.24, 2.45) is 5.92 Å². The average molecular weight is 326 g/mol. The highest BCUT2D eigenvalue weighted by atomic mass is 79.9. The summed E-state index contributed by atoms with van der Waals surface area (Å²) in [7, 11) is 0. The molecule has 1 aromatic carbocycles. The Morgan fingerprint density at radius 3 is 2.95 bits per heavy atom. The summed E-state index contributed by atoms with van der Waals surface area (Å²) in [5.74, 6) is 1.81. The molecule has 0 bridgehead atoms. The smallest absolute Gasteiger partial charge is 0.124 e. The fourth-order valence-corrected chi connectivity index (χ4v) is 3.10. The van der Waals surface area contributed by atoms with Crippen LogP contribution in [0.15, 0.2) is 22.7 Å². The van der Waals surface area contributed by atoms with Crippen molar-refractivity contribution in [1.82, 2.24) is 5.32 Å². The van der Waals surface area contributed by atoms with Crippen LogP contribution in [0.25, 0.3) is 0 Å². The second kappa shape index (κ2) is 6.76. The first-order valence-corrected chi connectivity index (χ1v) is 8.07. The van der Waals surface area contributed by atoms with Crippen molar-refractivity contribution >= 4 is 15.9 Å². The molecule has 3 heteroatoms. The Balaban J connectivity index is 2.04. The van der Waals surface area contributed by atoms with Gasteiger partial charge in [-0.1, -0.05) is 36.2 Å². The van der Waals surface area contributed by atoms with Crippen molar-refractivity contribution in [2.45, 2.75) is 52.1 Å². The molecule has 1 aliphatic heterocycles. The van der Waals surface area contributed by atoms with Crippen LogP contribution in [-0.2, 0) is 0 Å². The Morgan fingerprint density at radius 1 is 1.42 bits per heavy atom. The molecule has 0 saturated carbocycles. The Morgan fingerprint density at radius 2 is 2.21 bits per heavy atom. The Labute approximate surface area is 125 Å². The second-order valence-corrected chi connectivity index (χ2v) is 6.60. The molecule has 0 amide bonds. The van der Waals surface area contributed by atoms with E-state index in [-0.39, 0.29) is 0 Å². The van der Waals surface area contributed by atoms with Crippen LogP contribution >= 0.6 is 15.9 Å². The Kier molecular flexibility index (Phi) is 5.28. The van der Waals surface area contributed by atoms with Gasteiger partial charge in [0.25, 0.3) is 0 Å². The van der Waals surface area contributed by atoms with Crippen LogP contribution in [0, 0.1) is 5.92 Å². The van der Waals surface area contributed by atoms with Gasteiger partial charge in [-0.3, -0.25) is 0 Å². The molecule has 3 unspecified atom stereocenters. The van der Waals surface area contributed by atoms with Gasteiger partial charge in [-0.15, -0.1) is 0 Å². The molecule has 106 valence electrons. The van der Waals surface area contributed by atoms with E-state index >= 15 is 0 Å². The van der Waals surface area contributed by atoms with Crippen LogP contribution in [-0.4, -0.2) is 12.6 Å². The minimum Gasteiger partial charge on any atom is -0.493 e. The van der Waals surface area contributed by atoms with E-state index in [2.05, 4.69) is 54.2 Å². The molecule has 0 aromatic heterocycles. The summed E-state index contributed by atoms with van der Waals surface area (Å²) in [6.45, 7) is 7.69. The molecule has 1 heterocycles. The molecule has 19 heavy (non-hydrogen) atoms. The van der Waals surface area contributed by atoms with Crippen molar-refractivity contribution in [3.05, 3.63) is 28.2 Å². The third-order valence-electron chi connectivity index (χ3n) is 3.95.